The molecule has 2 rings (SSSR count). The van der Waals surface area contributed by atoms with E-state index in [2.05, 4.69) is 5.10 Å². The first-order valence-electron chi connectivity index (χ1n) is 4.36. The Morgan fingerprint density at radius 3 is 2.53 bits per heavy atom. The fourth-order valence-electron chi connectivity index (χ4n) is 1.35. The average molecular weight is 203 g/mol. The summed E-state index contributed by atoms with van der Waals surface area (Å²) in [5.41, 5.74) is 5.63. The van der Waals surface area contributed by atoms with E-state index in [0.717, 1.165) is 0 Å². The summed E-state index contributed by atoms with van der Waals surface area (Å²) in [6, 6.07) is 10.2. The number of rotatable bonds is 2. The molecule has 1 heterocycles. The number of benzene rings is 1. The van der Waals surface area contributed by atoms with Crippen LogP contribution in [-0.2, 0) is 0 Å². The van der Waals surface area contributed by atoms with Gasteiger partial charge in [0.1, 0.15) is 5.69 Å². The SMILES string of the molecule is NC(=O)c1cc(=O)[nH]n1-c1ccccc1. The number of para-hydroxylation sites is 1. The summed E-state index contributed by atoms with van der Waals surface area (Å²) >= 11 is 0. The van der Waals surface area contributed by atoms with Crippen LogP contribution in [0.2, 0.25) is 0 Å². The molecular weight excluding hydrogens is 194 g/mol. The van der Waals surface area contributed by atoms with Gasteiger partial charge in [-0.2, -0.15) is 0 Å². The molecule has 0 aliphatic heterocycles. The van der Waals surface area contributed by atoms with Gasteiger partial charge in [-0.25, -0.2) is 4.68 Å². The molecule has 1 amide bonds. The van der Waals surface area contributed by atoms with Crippen molar-refractivity contribution in [1.82, 2.24) is 9.78 Å². The van der Waals surface area contributed by atoms with E-state index in [0.29, 0.717) is 5.69 Å². The Kier molecular flexibility index (Phi) is 2.13. The molecule has 76 valence electrons. The third-order valence-electron chi connectivity index (χ3n) is 2.00. The number of nitrogens with one attached hydrogen (secondary N) is 1. The Labute approximate surface area is 85.1 Å². The maximum Gasteiger partial charge on any atom is 0.267 e. The zero-order valence-electron chi connectivity index (χ0n) is 7.81. The molecule has 5 nitrogen and oxygen atoms in total. The first-order chi connectivity index (χ1) is 7.18. The first kappa shape index (κ1) is 9.26. The Hall–Kier alpha value is -2.30. The first-order valence-corrected chi connectivity index (χ1v) is 4.36. The van der Waals surface area contributed by atoms with Gasteiger partial charge in [0.15, 0.2) is 0 Å². The van der Waals surface area contributed by atoms with Gasteiger partial charge < -0.3 is 5.73 Å². The van der Waals surface area contributed by atoms with Crippen LogP contribution < -0.4 is 11.3 Å². The van der Waals surface area contributed by atoms with Crippen molar-refractivity contribution in [3.8, 4) is 5.69 Å². The maximum absolute atomic E-state index is 11.1. The van der Waals surface area contributed by atoms with Gasteiger partial charge >= 0.3 is 0 Å². The molecule has 0 saturated heterocycles. The van der Waals surface area contributed by atoms with Gasteiger partial charge in [0.05, 0.1) is 5.69 Å². The molecule has 0 bridgehead atoms. The molecular formula is C10H9N3O2. The highest BCUT2D eigenvalue weighted by atomic mass is 16.2. The van der Waals surface area contributed by atoms with E-state index in [4.69, 9.17) is 5.73 Å². The summed E-state index contributed by atoms with van der Waals surface area (Å²) in [4.78, 5) is 22.2. The van der Waals surface area contributed by atoms with Crippen LogP contribution in [0, 0.1) is 0 Å². The van der Waals surface area contributed by atoms with Crippen LogP contribution in [0.25, 0.3) is 5.69 Å². The highest BCUT2D eigenvalue weighted by Gasteiger charge is 2.10. The minimum absolute atomic E-state index is 0.145. The third-order valence-corrected chi connectivity index (χ3v) is 2.00. The van der Waals surface area contributed by atoms with E-state index in [1.165, 1.54) is 10.7 Å². The van der Waals surface area contributed by atoms with Crippen molar-refractivity contribution in [3.05, 3.63) is 52.4 Å². The van der Waals surface area contributed by atoms with Crippen LogP contribution in [0.3, 0.4) is 0 Å². The summed E-state index contributed by atoms with van der Waals surface area (Å²) in [5.74, 6) is -0.641. The largest absolute Gasteiger partial charge is 0.364 e. The number of hydrogen-bond acceptors (Lipinski definition) is 2. The highest BCUT2D eigenvalue weighted by molar-refractivity contribution is 5.91. The molecule has 0 fully saturated rings. The van der Waals surface area contributed by atoms with E-state index < -0.39 is 5.91 Å². The van der Waals surface area contributed by atoms with Crippen LogP contribution in [-0.4, -0.2) is 15.7 Å². The number of aromatic amines is 1. The summed E-state index contributed by atoms with van der Waals surface area (Å²) in [7, 11) is 0. The molecule has 15 heavy (non-hydrogen) atoms. The van der Waals surface area contributed by atoms with Gasteiger partial charge in [0.2, 0.25) is 0 Å². The topological polar surface area (TPSA) is 80.9 Å². The molecule has 0 aliphatic rings. The second-order valence-electron chi connectivity index (χ2n) is 3.04. The highest BCUT2D eigenvalue weighted by Crippen LogP contribution is 2.07. The van der Waals surface area contributed by atoms with E-state index in [-0.39, 0.29) is 11.3 Å². The van der Waals surface area contributed by atoms with Crippen molar-refractivity contribution in [2.24, 2.45) is 5.73 Å². The molecule has 5 heteroatoms. The van der Waals surface area contributed by atoms with Gasteiger partial charge in [-0.05, 0) is 12.1 Å². The summed E-state index contributed by atoms with van der Waals surface area (Å²) in [5, 5.41) is 2.50. The Balaban J connectivity index is 2.63. The number of carbonyl (C=O) groups excluding carboxylic acids is 1. The molecule has 2 aromatic rings. The second kappa shape index (κ2) is 3.45. The lowest BCUT2D eigenvalue weighted by Crippen LogP contribution is -2.16. The monoisotopic (exact) mass is 203 g/mol. The van der Waals surface area contributed by atoms with Crippen LogP contribution in [0.5, 0.6) is 0 Å². The number of hydrogen-bond donors (Lipinski definition) is 2. The lowest BCUT2D eigenvalue weighted by Gasteiger charge is -2.04. The third kappa shape index (κ3) is 1.67. The Morgan fingerprint density at radius 1 is 1.27 bits per heavy atom. The zero-order chi connectivity index (χ0) is 10.8. The number of H-pyrrole nitrogens is 1. The number of amides is 1. The average Bonchev–Trinajstić information content (AvgIpc) is 2.62. The van der Waals surface area contributed by atoms with E-state index in [9.17, 15) is 9.59 Å². The van der Waals surface area contributed by atoms with Gasteiger partial charge in [-0.1, -0.05) is 18.2 Å². The summed E-state index contributed by atoms with van der Waals surface area (Å²) < 4.78 is 1.37. The number of primary amides is 1. The van der Waals surface area contributed by atoms with Gasteiger partial charge in [0, 0.05) is 6.07 Å². The molecule has 1 aromatic carbocycles. The molecule has 0 unspecified atom stereocenters. The van der Waals surface area contributed by atoms with Crippen molar-refractivity contribution in [3.63, 3.8) is 0 Å². The fraction of sp³-hybridized carbons (Fsp3) is 0. The van der Waals surface area contributed by atoms with Crippen LogP contribution in [0.4, 0.5) is 0 Å². The molecule has 0 spiro atoms. The summed E-state index contributed by atoms with van der Waals surface area (Å²) in [6.07, 6.45) is 0. The Bertz CT molecular complexity index is 539. The standard InChI is InChI=1S/C10H9N3O2/c11-10(15)8-6-9(14)12-13(8)7-4-2-1-3-5-7/h1-6H,(H2,11,15)(H,12,14). The Morgan fingerprint density at radius 2 is 1.93 bits per heavy atom. The minimum Gasteiger partial charge on any atom is -0.364 e. The number of aromatic nitrogens is 2. The van der Waals surface area contributed by atoms with Crippen LogP contribution in [0.15, 0.2) is 41.2 Å². The van der Waals surface area contributed by atoms with Crippen molar-refractivity contribution in [2.75, 3.05) is 0 Å². The molecule has 1 aromatic heterocycles. The van der Waals surface area contributed by atoms with E-state index in [1.807, 2.05) is 6.07 Å². The smallest absolute Gasteiger partial charge is 0.267 e. The van der Waals surface area contributed by atoms with Crippen molar-refractivity contribution < 1.29 is 4.79 Å². The van der Waals surface area contributed by atoms with E-state index >= 15 is 0 Å². The van der Waals surface area contributed by atoms with Crippen molar-refractivity contribution in [2.45, 2.75) is 0 Å². The lowest BCUT2D eigenvalue weighted by molar-refractivity contribution is 0.0993. The quantitative estimate of drug-likeness (QED) is 0.734. The molecule has 0 radical (unpaired) electrons. The zero-order valence-corrected chi connectivity index (χ0v) is 7.81. The molecule has 3 N–H and O–H groups in total. The lowest BCUT2D eigenvalue weighted by atomic mass is 10.3. The number of nitrogens with two attached hydrogens (primary N) is 1. The fourth-order valence-corrected chi connectivity index (χ4v) is 1.35. The molecule has 0 saturated carbocycles. The van der Waals surface area contributed by atoms with Gasteiger partial charge in [0.25, 0.3) is 11.5 Å². The van der Waals surface area contributed by atoms with Crippen LogP contribution in [0.1, 0.15) is 10.5 Å². The van der Waals surface area contributed by atoms with Crippen LogP contribution >= 0.6 is 0 Å². The summed E-state index contributed by atoms with van der Waals surface area (Å²) in [6.45, 7) is 0. The normalized spacial score (nSPS) is 10.1. The molecule has 0 atom stereocenters. The van der Waals surface area contributed by atoms with E-state index in [1.54, 1.807) is 24.3 Å². The van der Waals surface area contributed by atoms with Gasteiger partial charge in [-0.3, -0.25) is 14.7 Å². The molecule has 0 aliphatic carbocycles. The minimum atomic E-state index is -0.641. The number of nitrogens with zero attached hydrogens (tertiary/aromatic N) is 1. The van der Waals surface area contributed by atoms with Crippen molar-refractivity contribution in [1.29, 1.82) is 0 Å². The predicted octanol–water partition coefficient (Wildman–Crippen LogP) is 0.264. The van der Waals surface area contributed by atoms with Crippen molar-refractivity contribution >= 4 is 5.91 Å². The van der Waals surface area contributed by atoms with Gasteiger partial charge in [-0.15, -0.1) is 0 Å². The maximum atomic E-state index is 11.1. The second-order valence-corrected chi connectivity index (χ2v) is 3.04. The predicted molar refractivity (Wildman–Crippen MR) is 54.9 cm³/mol. The number of carbonyl (C=O) groups is 1.